The van der Waals surface area contributed by atoms with Gasteiger partial charge in [-0.25, -0.2) is 0 Å². The summed E-state index contributed by atoms with van der Waals surface area (Å²) in [6.45, 7) is 4.59. The minimum atomic E-state index is -0.742. The highest BCUT2D eigenvalue weighted by Crippen LogP contribution is 2.13. The molecule has 1 aliphatic rings. The summed E-state index contributed by atoms with van der Waals surface area (Å²) >= 11 is 0. The van der Waals surface area contributed by atoms with Crippen molar-refractivity contribution in [1.82, 2.24) is 10.6 Å². The third-order valence-electron chi connectivity index (χ3n) is 3.50. The highest BCUT2D eigenvalue weighted by molar-refractivity contribution is 5.79. The second kappa shape index (κ2) is 9.72. The summed E-state index contributed by atoms with van der Waals surface area (Å²) in [6.07, 6.45) is 3.68. The third kappa shape index (κ3) is 6.34. The Morgan fingerprint density at radius 1 is 1.20 bits per heavy atom. The van der Waals surface area contributed by atoms with Crippen LogP contribution in [-0.4, -0.2) is 49.3 Å². The number of aliphatic carboxylic acids is 1. The van der Waals surface area contributed by atoms with Crippen LogP contribution in [0.15, 0.2) is 0 Å². The number of unbranched alkanes of at least 4 members (excludes halogenated alkanes) is 3. The lowest BCUT2D eigenvalue weighted by molar-refractivity contribution is -0.137. The van der Waals surface area contributed by atoms with Gasteiger partial charge in [0.25, 0.3) is 0 Å². The van der Waals surface area contributed by atoms with E-state index in [4.69, 9.17) is 9.84 Å². The number of hydrogen-bond acceptors (Lipinski definition) is 4. The number of carbonyl (C=O) groups excluding carboxylic acids is 1. The minimum Gasteiger partial charge on any atom is -0.481 e. The molecule has 1 saturated heterocycles. The second-order valence-corrected chi connectivity index (χ2v) is 5.16. The third-order valence-corrected chi connectivity index (χ3v) is 3.50. The molecule has 2 atom stereocenters. The van der Waals surface area contributed by atoms with Crippen molar-refractivity contribution < 1.29 is 19.4 Å². The smallest absolute Gasteiger partial charge is 0.303 e. The van der Waals surface area contributed by atoms with E-state index in [1.54, 1.807) is 0 Å². The maximum Gasteiger partial charge on any atom is 0.303 e. The van der Waals surface area contributed by atoms with Crippen LogP contribution < -0.4 is 10.6 Å². The maximum absolute atomic E-state index is 12.0. The first kappa shape index (κ1) is 16.9. The number of hydrogen-bond donors (Lipinski definition) is 3. The molecular formula is C14H26N2O4. The van der Waals surface area contributed by atoms with Gasteiger partial charge in [0.2, 0.25) is 5.91 Å². The van der Waals surface area contributed by atoms with Gasteiger partial charge in [-0.2, -0.15) is 0 Å². The zero-order valence-corrected chi connectivity index (χ0v) is 12.2. The van der Waals surface area contributed by atoms with Gasteiger partial charge in [0.1, 0.15) is 0 Å². The van der Waals surface area contributed by atoms with E-state index in [-0.39, 0.29) is 24.3 Å². The Bertz CT molecular complexity index is 310. The van der Waals surface area contributed by atoms with E-state index in [2.05, 4.69) is 10.6 Å². The lowest BCUT2D eigenvalue weighted by atomic mass is 10.0. The molecule has 0 radical (unpaired) electrons. The van der Waals surface area contributed by atoms with Gasteiger partial charge in [-0.05, 0) is 19.4 Å². The molecule has 2 unspecified atom stereocenters. The van der Waals surface area contributed by atoms with E-state index >= 15 is 0 Å². The number of carboxylic acids is 1. The highest BCUT2D eigenvalue weighted by Gasteiger charge is 2.32. The molecule has 6 heteroatoms. The van der Waals surface area contributed by atoms with Gasteiger partial charge >= 0.3 is 5.97 Å². The molecule has 1 heterocycles. The minimum absolute atomic E-state index is 0.0546. The van der Waals surface area contributed by atoms with Crippen LogP contribution in [0.25, 0.3) is 0 Å². The summed E-state index contributed by atoms with van der Waals surface area (Å²) in [5.74, 6) is -0.782. The lowest BCUT2D eigenvalue weighted by Gasteiger charge is -2.17. The van der Waals surface area contributed by atoms with Crippen LogP contribution >= 0.6 is 0 Å². The van der Waals surface area contributed by atoms with Gasteiger partial charge in [-0.15, -0.1) is 0 Å². The standard InChI is InChI=1S/C14H26N2O4/c1-2-15-12-10-20-9-11(12)14(19)16-8-6-4-3-5-7-13(17)18/h11-12,15H,2-10H2,1H3,(H,16,19)(H,17,18). The molecule has 1 aliphatic heterocycles. The molecule has 0 aromatic heterocycles. The number of likely N-dealkylation sites (N-methyl/N-ethyl adjacent to an activating group) is 1. The Labute approximate surface area is 120 Å². The van der Waals surface area contributed by atoms with Gasteiger partial charge in [-0.3, -0.25) is 9.59 Å². The van der Waals surface area contributed by atoms with Crippen LogP contribution in [0.2, 0.25) is 0 Å². The highest BCUT2D eigenvalue weighted by atomic mass is 16.5. The molecule has 0 saturated carbocycles. The van der Waals surface area contributed by atoms with Crippen LogP contribution in [0.5, 0.6) is 0 Å². The normalized spacial score (nSPS) is 21.9. The average Bonchev–Trinajstić information content (AvgIpc) is 2.86. The first-order chi connectivity index (χ1) is 9.65. The van der Waals surface area contributed by atoms with Crippen molar-refractivity contribution in [3.05, 3.63) is 0 Å². The van der Waals surface area contributed by atoms with E-state index in [1.807, 2.05) is 6.92 Å². The summed E-state index contributed by atoms with van der Waals surface area (Å²) in [5.41, 5.74) is 0. The maximum atomic E-state index is 12.0. The van der Waals surface area contributed by atoms with Gasteiger partial charge in [0.15, 0.2) is 0 Å². The van der Waals surface area contributed by atoms with Crippen molar-refractivity contribution in [1.29, 1.82) is 0 Å². The number of amides is 1. The molecule has 0 bridgehead atoms. The van der Waals surface area contributed by atoms with Crippen molar-refractivity contribution in [3.63, 3.8) is 0 Å². The number of nitrogens with one attached hydrogen (secondary N) is 2. The van der Waals surface area contributed by atoms with Crippen molar-refractivity contribution >= 4 is 11.9 Å². The SMILES string of the molecule is CCNC1COCC1C(=O)NCCCCCCC(=O)O. The Balaban J connectivity index is 2.06. The summed E-state index contributed by atoms with van der Waals surface area (Å²) in [6, 6.07) is 0.121. The number of rotatable bonds is 10. The molecule has 1 rings (SSSR count). The fraction of sp³-hybridized carbons (Fsp3) is 0.857. The predicted octanol–water partition coefficient (Wildman–Crippen LogP) is 0.762. The van der Waals surface area contributed by atoms with Crippen molar-refractivity contribution in [2.75, 3.05) is 26.3 Å². The van der Waals surface area contributed by atoms with Crippen LogP contribution in [0, 0.1) is 5.92 Å². The van der Waals surface area contributed by atoms with Crippen molar-refractivity contribution in [2.24, 2.45) is 5.92 Å². The first-order valence-corrected chi connectivity index (χ1v) is 7.45. The molecule has 0 aromatic rings. The van der Waals surface area contributed by atoms with Gasteiger partial charge < -0.3 is 20.5 Å². The van der Waals surface area contributed by atoms with E-state index in [0.717, 1.165) is 25.8 Å². The first-order valence-electron chi connectivity index (χ1n) is 7.45. The topological polar surface area (TPSA) is 87.7 Å². The van der Waals surface area contributed by atoms with Gasteiger partial charge in [0, 0.05) is 19.0 Å². The number of ether oxygens (including phenoxy) is 1. The molecular weight excluding hydrogens is 260 g/mol. The molecule has 1 amide bonds. The Hall–Kier alpha value is -1.14. The summed E-state index contributed by atoms with van der Waals surface area (Å²) in [7, 11) is 0. The second-order valence-electron chi connectivity index (χ2n) is 5.16. The Kier molecular flexibility index (Phi) is 8.22. The number of carboxylic acid groups (broad SMARTS) is 1. The van der Waals surface area contributed by atoms with Gasteiger partial charge in [-0.1, -0.05) is 19.8 Å². The van der Waals surface area contributed by atoms with Crippen molar-refractivity contribution in [3.8, 4) is 0 Å². The summed E-state index contributed by atoms with van der Waals surface area (Å²) < 4.78 is 5.35. The quantitative estimate of drug-likeness (QED) is 0.516. The molecule has 0 aromatic carbocycles. The van der Waals surface area contributed by atoms with Crippen LogP contribution in [0.4, 0.5) is 0 Å². The predicted molar refractivity (Wildman–Crippen MR) is 75.5 cm³/mol. The monoisotopic (exact) mass is 286 g/mol. The molecule has 20 heavy (non-hydrogen) atoms. The molecule has 0 spiro atoms. The fourth-order valence-electron chi connectivity index (χ4n) is 2.37. The largest absolute Gasteiger partial charge is 0.481 e. The zero-order valence-electron chi connectivity index (χ0n) is 12.2. The summed E-state index contributed by atoms with van der Waals surface area (Å²) in [4.78, 5) is 22.3. The van der Waals surface area contributed by atoms with E-state index in [9.17, 15) is 9.59 Å². The number of carbonyl (C=O) groups is 2. The van der Waals surface area contributed by atoms with E-state index in [0.29, 0.717) is 26.2 Å². The Morgan fingerprint density at radius 2 is 1.95 bits per heavy atom. The van der Waals surface area contributed by atoms with E-state index in [1.165, 1.54) is 0 Å². The van der Waals surface area contributed by atoms with E-state index < -0.39 is 5.97 Å². The summed E-state index contributed by atoms with van der Waals surface area (Å²) in [5, 5.41) is 14.7. The van der Waals surface area contributed by atoms with Crippen molar-refractivity contribution in [2.45, 2.75) is 45.1 Å². The molecule has 6 nitrogen and oxygen atoms in total. The van der Waals surface area contributed by atoms with Crippen LogP contribution in [-0.2, 0) is 14.3 Å². The average molecular weight is 286 g/mol. The molecule has 3 N–H and O–H groups in total. The molecule has 0 aliphatic carbocycles. The molecule has 116 valence electrons. The van der Waals surface area contributed by atoms with Crippen LogP contribution in [0.3, 0.4) is 0 Å². The Morgan fingerprint density at radius 3 is 2.65 bits per heavy atom. The molecule has 1 fully saturated rings. The zero-order chi connectivity index (χ0) is 14.8. The van der Waals surface area contributed by atoms with Gasteiger partial charge in [0.05, 0.1) is 19.1 Å². The van der Waals surface area contributed by atoms with Crippen LogP contribution in [0.1, 0.15) is 39.0 Å². The fourth-order valence-corrected chi connectivity index (χ4v) is 2.37. The lowest BCUT2D eigenvalue weighted by Crippen LogP contribution is -2.44.